The fourth-order valence-corrected chi connectivity index (χ4v) is 4.00. The molecule has 1 atom stereocenters. The first-order valence-electron chi connectivity index (χ1n) is 9.25. The quantitative estimate of drug-likeness (QED) is 0.911. The van der Waals surface area contributed by atoms with Crippen molar-refractivity contribution < 1.29 is 4.79 Å². The highest BCUT2D eigenvalue weighted by molar-refractivity contribution is 6.00. The van der Waals surface area contributed by atoms with Gasteiger partial charge in [-0.2, -0.15) is 0 Å². The maximum atomic E-state index is 12.7. The minimum atomic E-state index is 0.0157. The molecular formula is C20H29N3O. The summed E-state index contributed by atoms with van der Waals surface area (Å²) < 4.78 is 1.99. The molecule has 2 heterocycles. The van der Waals surface area contributed by atoms with Gasteiger partial charge in [0, 0.05) is 23.6 Å². The van der Waals surface area contributed by atoms with E-state index in [2.05, 4.69) is 24.1 Å². The molecule has 1 aliphatic rings. The summed E-state index contributed by atoms with van der Waals surface area (Å²) in [6.07, 6.45) is 7.84. The summed E-state index contributed by atoms with van der Waals surface area (Å²) in [5.41, 5.74) is 3.50. The van der Waals surface area contributed by atoms with Gasteiger partial charge in [0.2, 0.25) is 0 Å². The van der Waals surface area contributed by atoms with E-state index in [0.29, 0.717) is 11.6 Å². The van der Waals surface area contributed by atoms with Crippen molar-refractivity contribution in [3.05, 3.63) is 35.3 Å². The second kappa shape index (κ2) is 6.96. The molecule has 0 saturated heterocycles. The second-order valence-corrected chi connectivity index (χ2v) is 7.43. The van der Waals surface area contributed by atoms with Gasteiger partial charge in [-0.25, -0.2) is 4.98 Å². The Labute approximate surface area is 144 Å². The second-order valence-electron chi connectivity index (χ2n) is 7.43. The van der Waals surface area contributed by atoms with E-state index in [1.807, 2.05) is 36.6 Å². The topological polar surface area (TPSA) is 46.4 Å². The van der Waals surface area contributed by atoms with Crippen LogP contribution in [-0.2, 0) is 0 Å². The number of aromatic nitrogens is 2. The van der Waals surface area contributed by atoms with Gasteiger partial charge >= 0.3 is 0 Å². The summed E-state index contributed by atoms with van der Waals surface area (Å²) in [6, 6.07) is 4.22. The summed E-state index contributed by atoms with van der Waals surface area (Å²) in [5.74, 6) is 1.64. The highest BCUT2D eigenvalue weighted by Crippen LogP contribution is 2.31. The summed E-state index contributed by atoms with van der Waals surface area (Å²) in [4.78, 5) is 17.3. The molecule has 0 aromatic carbocycles. The van der Waals surface area contributed by atoms with Crippen LogP contribution in [0.3, 0.4) is 0 Å². The van der Waals surface area contributed by atoms with Crippen LogP contribution in [0.4, 0.5) is 0 Å². The van der Waals surface area contributed by atoms with E-state index in [1.54, 1.807) is 0 Å². The molecule has 1 fully saturated rings. The molecular weight excluding hydrogens is 298 g/mol. The lowest BCUT2D eigenvalue weighted by molar-refractivity contribution is 0.0918. The standard InChI is InChI=1S/C20H29N3O/c1-5-13(2)16-6-8-17(9-7-16)22-20(24)18-10-11-23-15(4)12-14(3)21-19(18)23/h10-13,16-17H,5-9H2,1-4H3,(H,22,24)/t13-,16?,17?/m1/s1. The highest BCUT2D eigenvalue weighted by Gasteiger charge is 2.26. The lowest BCUT2D eigenvalue weighted by Crippen LogP contribution is -2.38. The molecule has 4 nitrogen and oxygen atoms in total. The predicted octanol–water partition coefficient (Wildman–Crippen LogP) is 4.29. The molecule has 4 heteroatoms. The Morgan fingerprint density at radius 2 is 2.04 bits per heavy atom. The van der Waals surface area contributed by atoms with Gasteiger partial charge in [-0.3, -0.25) is 4.79 Å². The molecule has 0 radical (unpaired) electrons. The normalized spacial score (nSPS) is 22.5. The zero-order valence-corrected chi connectivity index (χ0v) is 15.3. The number of nitrogens with one attached hydrogen (secondary N) is 1. The minimum Gasteiger partial charge on any atom is -0.349 e. The molecule has 130 valence electrons. The summed E-state index contributed by atoms with van der Waals surface area (Å²) in [7, 11) is 0. The van der Waals surface area contributed by atoms with Gasteiger partial charge in [0.25, 0.3) is 5.91 Å². The zero-order chi connectivity index (χ0) is 17.3. The maximum Gasteiger partial charge on any atom is 0.255 e. The number of carbonyl (C=O) groups excluding carboxylic acids is 1. The van der Waals surface area contributed by atoms with Gasteiger partial charge in [-0.15, -0.1) is 0 Å². The molecule has 2 aromatic heterocycles. The Balaban J connectivity index is 1.68. The van der Waals surface area contributed by atoms with Crippen molar-refractivity contribution in [2.45, 2.75) is 65.8 Å². The smallest absolute Gasteiger partial charge is 0.255 e. The lowest BCUT2D eigenvalue weighted by Gasteiger charge is -2.32. The molecule has 2 aromatic rings. The third-order valence-electron chi connectivity index (χ3n) is 5.74. The van der Waals surface area contributed by atoms with E-state index in [4.69, 9.17) is 0 Å². The third-order valence-corrected chi connectivity index (χ3v) is 5.74. The Morgan fingerprint density at radius 3 is 2.71 bits per heavy atom. The SMILES string of the molecule is CC[C@@H](C)C1CCC(NC(=O)c2ccn3c(C)cc(C)nc23)CC1. The monoisotopic (exact) mass is 327 g/mol. The van der Waals surface area contributed by atoms with E-state index < -0.39 is 0 Å². The molecule has 0 bridgehead atoms. The molecule has 0 aliphatic heterocycles. The fraction of sp³-hybridized carbons (Fsp3) is 0.600. The van der Waals surface area contributed by atoms with Crippen LogP contribution in [0.1, 0.15) is 67.7 Å². The predicted molar refractivity (Wildman–Crippen MR) is 97.3 cm³/mol. The van der Waals surface area contributed by atoms with Gasteiger partial charge in [0.05, 0.1) is 5.56 Å². The maximum absolute atomic E-state index is 12.7. The largest absolute Gasteiger partial charge is 0.349 e. The number of aryl methyl sites for hydroxylation is 2. The molecule has 24 heavy (non-hydrogen) atoms. The fourth-order valence-electron chi connectivity index (χ4n) is 4.00. The molecule has 1 N–H and O–H groups in total. The molecule has 0 unspecified atom stereocenters. The van der Waals surface area contributed by atoms with Crippen LogP contribution in [0, 0.1) is 25.7 Å². The van der Waals surface area contributed by atoms with Crippen molar-refractivity contribution in [2.75, 3.05) is 0 Å². The lowest BCUT2D eigenvalue weighted by atomic mass is 9.78. The van der Waals surface area contributed by atoms with Crippen LogP contribution in [-0.4, -0.2) is 21.3 Å². The van der Waals surface area contributed by atoms with Crippen LogP contribution < -0.4 is 5.32 Å². The number of hydrogen-bond donors (Lipinski definition) is 1. The first kappa shape index (κ1) is 17.0. The average molecular weight is 327 g/mol. The van der Waals surface area contributed by atoms with Crippen molar-refractivity contribution in [3.63, 3.8) is 0 Å². The number of nitrogens with zero attached hydrogens (tertiary/aromatic N) is 2. The van der Waals surface area contributed by atoms with Crippen LogP contribution >= 0.6 is 0 Å². The summed E-state index contributed by atoms with van der Waals surface area (Å²) >= 11 is 0. The third kappa shape index (κ3) is 3.33. The van der Waals surface area contributed by atoms with E-state index in [0.717, 1.165) is 41.7 Å². The number of fused-ring (bicyclic) bond motifs is 1. The van der Waals surface area contributed by atoms with Crippen LogP contribution in [0.15, 0.2) is 18.3 Å². The number of carbonyl (C=O) groups is 1. The molecule has 1 saturated carbocycles. The van der Waals surface area contributed by atoms with E-state index in [-0.39, 0.29) is 5.91 Å². The van der Waals surface area contributed by atoms with Crippen molar-refractivity contribution in [3.8, 4) is 0 Å². The van der Waals surface area contributed by atoms with E-state index in [1.165, 1.54) is 19.3 Å². The van der Waals surface area contributed by atoms with Crippen LogP contribution in [0.2, 0.25) is 0 Å². The van der Waals surface area contributed by atoms with E-state index in [9.17, 15) is 4.79 Å². The molecule has 1 amide bonds. The first-order valence-corrected chi connectivity index (χ1v) is 9.25. The summed E-state index contributed by atoms with van der Waals surface area (Å²) in [5, 5.41) is 3.24. The Bertz CT molecular complexity index is 726. The van der Waals surface area contributed by atoms with Gasteiger partial charge in [-0.05, 0) is 63.5 Å². The van der Waals surface area contributed by atoms with Gasteiger partial charge in [0.15, 0.2) is 0 Å². The van der Waals surface area contributed by atoms with Gasteiger partial charge < -0.3 is 9.72 Å². The van der Waals surface area contributed by atoms with Gasteiger partial charge in [-0.1, -0.05) is 20.3 Å². The van der Waals surface area contributed by atoms with Crippen molar-refractivity contribution in [2.24, 2.45) is 11.8 Å². The van der Waals surface area contributed by atoms with E-state index >= 15 is 0 Å². The zero-order valence-electron chi connectivity index (χ0n) is 15.3. The highest BCUT2D eigenvalue weighted by atomic mass is 16.1. The average Bonchev–Trinajstić information content (AvgIpc) is 2.99. The first-order chi connectivity index (χ1) is 11.5. The molecule has 1 aliphatic carbocycles. The van der Waals surface area contributed by atoms with Gasteiger partial charge in [0.1, 0.15) is 5.65 Å². The van der Waals surface area contributed by atoms with Crippen LogP contribution in [0.25, 0.3) is 5.65 Å². The molecule has 3 rings (SSSR count). The Morgan fingerprint density at radius 1 is 1.33 bits per heavy atom. The molecule has 0 spiro atoms. The Hall–Kier alpha value is -1.84. The summed E-state index contributed by atoms with van der Waals surface area (Å²) in [6.45, 7) is 8.64. The van der Waals surface area contributed by atoms with Crippen molar-refractivity contribution in [1.29, 1.82) is 0 Å². The van der Waals surface area contributed by atoms with Crippen molar-refractivity contribution in [1.82, 2.24) is 14.7 Å². The number of amides is 1. The van der Waals surface area contributed by atoms with Crippen LogP contribution in [0.5, 0.6) is 0 Å². The number of hydrogen-bond acceptors (Lipinski definition) is 2. The van der Waals surface area contributed by atoms with Crippen molar-refractivity contribution >= 4 is 11.6 Å². The number of rotatable bonds is 4. The Kier molecular flexibility index (Phi) is 4.93. The minimum absolute atomic E-state index is 0.0157.